The van der Waals surface area contributed by atoms with E-state index in [9.17, 15) is 0 Å². The fraction of sp³-hybridized carbons (Fsp3) is 0.265. The summed E-state index contributed by atoms with van der Waals surface area (Å²) >= 11 is 1.98. The molecule has 1 heteroatoms. The van der Waals surface area contributed by atoms with Crippen molar-refractivity contribution in [3.8, 4) is 0 Å². The summed E-state index contributed by atoms with van der Waals surface area (Å²) in [4.78, 5) is 1.50. The first-order valence-electron chi connectivity index (χ1n) is 18.0. The predicted molar refractivity (Wildman–Crippen MR) is 227 cm³/mol. The molecule has 0 nitrogen and oxygen atoms in total. The standard InChI is InChI=1S/C29H30S.C20H26/c1-7-19-22(8-2)29(5,6)23-16-14-17(3)25(27(19)23)26-18(4)13-15-21-20-11-9-10-12-24(20)30-28(21)26;1-6-8-10-12-18(3)14-16-20(5)17-15-19(4)13-11-9-7-2/h7-12,14,16H,13,15H2,1-6H3;6-13,15-17H,1,4,14H2,2-3,5H3/b19-7+,22-8+;9-7-,10-8-,13-11-,17-15+,18-12+,20-16-. The molecule has 0 bridgehead atoms. The van der Waals surface area contributed by atoms with Crippen molar-refractivity contribution in [3.63, 3.8) is 0 Å². The maximum Gasteiger partial charge on any atom is 0.0393 e. The van der Waals surface area contributed by atoms with Crippen molar-refractivity contribution in [1.82, 2.24) is 0 Å². The summed E-state index contributed by atoms with van der Waals surface area (Å²) in [7, 11) is 0. The molecule has 0 aliphatic heterocycles. The van der Waals surface area contributed by atoms with Gasteiger partial charge >= 0.3 is 0 Å². The quantitative estimate of drug-likeness (QED) is 0.198. The van der Waals surface area contributed by atoms with E-state index >= 15 is 0 Å². The van der Waals surface area contributed by atoms with Gasteiger partial charge in [0.25, 0.3) is 0 Å². The van der Waals surface area contributed by atoms with Crippen molar-refractivity contribution in [2.45, 2.75) is 87.0 Å². The second-order valence-electron chi connectivity index (χ2n) is 13.8. The normalized spacial score (nSPS) is 17.9. The third kappa shape index (κ3) is 8.45. The van der Waals surface area contributed by atoms with Gasteiger partial charge in [0, 0.05) is 15.0 Å². The van der Waals surface area contributed by atoms with Crippen LogP contribution in [0.5, 0.6) is 0 Å². The van der Waals surface area contributed by atoms with E-state index in [1.54, 1.807) is 11.6 Å². The van der Waals surface area contributed by atoms with Gasteiger partial charge in [-0.3, -0.25) is 0 Å². The monoisotopic (exact) mass is 676 g/mol. The van der Waals surface area contributed by atoms with Crippen molar-refractivity contribution in [1.29, 1.82) is 0 Å². The molecule has 0 amide bonds. The number of benzene rings is 2. The van der Waals surface area contributed by atoms with Gasteiger partial charge in [0.15, 0.2) is 0 Å². The predicted octanol–water partition coefficient (Wildman–Crippen LogP) is 14.9. The Morgan fingerprint density at radius 2 is 1.62 bits per heavy atom. The highest BCUT2D eigenvalue weighted by Crippen LogP contribution is 2.55. The summed E-state index contributed by atoms with van der Waals surface area (Å²) in [6.45, 7) is 27.6. The van der Waals surface area contributed by atoms with E-state index < -0.39 is 0 Å². The van der Waals surface area contributed by atoms with Crippen molar-refractivity contribution < 1.29 is 0 Å². The van der Waals surface area contributed by atoms with Gasteiger partial charge in [0.1, 0.15) is 0 Å². The molecule has 1 heterocycles. The first-order chi connectivity index (χ1) is 24.0. The fourth-order valence-electron chi connectivity index (χ4n) is 7.11. The zero-order valence-corrected chi connectivity index (χ0v) is 32.7. The molecule has 3 aromatic rings. The lowest BCUT2D eigenvalue weighted by atomic mass is 9.80. The molecule has 5 rings (SSSR count). The number of hydrogen-bond donors (Lipinski definition) is 0. The van der Waals surface area contributed by atoms with Gasteiger partial charge < -0.3 is 0 Å². The smallest absolute Gasteiger partial charge is 0.0393 e. The first kappa shape index (κ1) is 38.3. The van der Waals surface area contributed by atoms with Crippen LogP contribution in [0.15, 0.2) is 156 Å². The zero-order chi connectivity index (χ0) is 36.4. The number of thiophene rings is 1. The summed E-state index contributed by atoms with van der Waals surface area (Å²) < 4.78 is 1.42. The molecule has 2 aliphatic rings. The van der Waals surface area contributed by atoms with Gasteiger partial charge in [-0.25, -0.2) is 0 Å². The molecule has 2 aromatic carbocycles. The molecule has 0 radical (unpaired) electrons. The Kier molecular flexibility index (Phi) is 13.4. The lowest BCUT2D eigenvalue weighted by molar-refractivity contribution is 0.659. The van der Waals surface area contributed by atoms with Gasteiger partial charge in [-0.05, 0) is 129 Å². The average Bonchev–Trinajstić information content (AvgIpc) is 3.58. The lowest BCUT2D eigenvalue weighted by Crippen LogP contribution is -2.15. The van der Waals surface area contributed by atoms with E-state index in [4.69, 9.17) is 0 Å². The minimum absolute atomic E-state index is 0.0422. The second kappa shape index (κ2) is 17.5. The lowest BCUT2D eigenvalue weighted by Gasteiger charge is -2.25. The molecule has 0 saturated carbocycles. The average molecular weight is 677 g/mol. The van der Waals surface area contributed by atoms with Crippen LogP contribution in [0, 0.1) is 6.92 Å². The Bertz CT molecular complexity index is 2030. The molecule has 0 unspecified atom stereocenters. The van der Waals surface area contributed by atoms with Gasteiger partial charge in [-0.2, -0.15) is 0 Å². The van der Waals surface area contributed by atoms with Crippen LogP contribution in [0.3, 0.4) is 0 Å². The minimum Gasteiger partial charge on any atom is -0.135 e. The van der Waals surface area contributed by atoms with Crippen LogP contribution in [0.4, 0.5) is 0 Å². The van der Waals surface area contributed by atoms with E-state index in [1.807, 2.05) is 60.8 Å². The molecule has 50 heavy (non-hydrogen) atoms. The van der Waals surface area contributed by atoms with Crippen LogP contribution in [0.25, 0.3) is 21.2 Å². The van der Waals surface area contributed by atoms with Gasteiger partial charge in [0.2, 0.25) is 0 Å². The number of aryl methyl sites for hydroxylation is 2. The molecule has 258 valence electrons. The summed E-state index contributed by atoms with van der Waals surface area (Å²) in [5.41, 5.74) is 16.9. The number of rotatable bonds is 9. The Morgan fingerprint density at radius 1 is 0.860 bits per heavy atom. The van der Waals surface area contributed by atoms with E-state index in [1.165, 1.54) is 70.7 Å². The Balaban J connectivity index is 0.000000247. The molecule has 0 spiro atoms. The van der Waals surface area contributed by atoms with Gasteiger partial charge in [0.05, 0.1) is 0 Å². The minimum atomic E-state index is 0.0422. The third-order valence-corrected chi connectivity index (χ3v) is 11.0. The highest BCUT2D eigenvalue weighted by atomic mass is 32.1. The van der Waals surface area contributed by atoms with Crippen LogP contribution in [-0.2, 0) is 11.8 Å². The van der Waals surface area contributed by atoms with E-state index in [0.717, 1.165) is 24.8 Å². The molecular formula is C49H56S. The molecule has 2 aliphatic carbocycles. The van der Waals surface area contributed by atoms with Crippen LogP contribution in [-0.4, -0.2) is 0 Å². The van der Waals surface area contributed by atoms with Crippen LogP contribution >= 0.6 is 11.3 Å². The highest BCUT2D eigenvalue weighted by Gasteiger charge is 2.40. The molecule has 0 atom stereocenters. The molecule has 0 fully saturated rings. The molecule has 0 N–H and O–H groups in total. The second-order valence-corrected chi connectivity index (χ2v) is 14.9. The Labute approximate surface area is 307 Å². The third-order valence-electron chi connectivity index (χ3n) is 9.80. The van der Waals surface area contributed by atoms with Crippen LogP contribution < -0.4 is 0 Å². The Morgan fingerprint density at radius 3 is 2.32 bits per heavy atom. The van der Waals surface area contributed by atoms with E-state index in [0.29, 0.717) is 0 Å². The SMILES string of the molecule is C/C=C1\C(=C/C)c2c(ccc(C)c2C2=C(C)CCc3c2sc2ccccc32)C1(C)C.C=C/C=C\C=C(/C)C/C=C(C)\C=C\C(=C)/C=C\C=C/C. The van der Waals surface area contributed by atoms with E-state index in [2.05, 4.69) is 135 Å². The maximum absolute atomic E-state index is 3.98. The summed E-state index contributed by atoms with van der Waals surface area (Å²) in [5, 5.41) is 1.45. The van der Waals surface area contributed by atoms with Gasteiger partial charge in [-0.1, -0.05) is 153 Å². The highest BCUT2D eigenvalue weighted by molar-refractivity contribution is 7.20. The summed E-state index contributed by atoms with van der Waals surface area (Å²) in [6.07, 6.45) is 30.1. The summed E-state index contributed by atoms with van der Waals surface area (Å²) in [6, 6.07) is 13.7. The number of hydrogen-bond acceptors (Lipinski definition) is 1. The largest absolute Gasteiger partial charge is 0.135 e. The number of allylic oxidation sites excluding steroid dienone is 19. The molecule has 0 saturated heterocycles. The van der Waals surface area contributed by atoms with Gasteiger partial charge in [-0.15, -0.1) is 11.3 Å². The van der Waals surface area contributed by atoms with Crippen molar-refractivity contribution >= 4 is 32.6 Å². The summed E-state index contributed by atoms with van der Waals surface area (Å²) in [5.74, 6) is 0. The topological polar surface area (TPSA) is 0 Å². The maximum atomic E-state index is 3.98. The first-order valence-corrected chi connectivity index (χ1v) is 18.8. The van der Waals surface area contributed by atoms with Crippen LogP contribution in [0.2, 0.25) is 0 Å². The number of fused-ring (bicyclic) bond motifs is 4. The Hall–Kier alpha value is -4.46. The molecular weight excluding hydrogens is 621 g/mol. The van der Waals surface area contributed by atoms with Crippen LogP contribution in [0.1, 0.15) is 101 Å². The van der Waals surface area contributed by atoms with Crippen molar-refractivity contribution in [3.05, 3.63) is 189 Å². The fourth-order valence-corrected chi connectivity index (χ4v) is 8.49. The van der Waals surface area contributed by atoms with E-state index in [-0.39, 0.29) is 5.41 Å². The molecule has 1 aromatic heterocycles. The zero-order valence-electron chi connectivity index (χ0n) is 31.9. The van der Waals surface area contributed by atoms with Crippen molar-refractivity contribution in [2.24, 2.45) is 0 Å². The van der Waals surface area contributed by atoms with Crippen molar-refractivity contribution in [2.75, 3.05) is 0 Å².